The van der Waals surface area contributed by atoms with Gasteiger partial charge in [-0.3, -0.25) is 4.84 Å². The molecule has 1 N–H and O–H groups in total. The molecule has 1 radical (unpaired) electrons. The average Bonchev–Trinajstić information content (AvgIpc) is 1.37. The predicted molar refractivity (Wildman–Crippen MR) is 14.7 cm³/mol. The lowest BCUT2D eigenvalue weighted by Gasteiger charge is -1.73. The molecule has 25 valence electrons. The molecule has 0 saturated heterocycles. The van der Waals surface area contributed by atoms with Gasteiger partial charge in [0.15, 0.2) is 0 Å². The molecule has 0 saturated carbocycles. The van der Waals surface area contributed by atoms with E-state index in [1.165, 1.54) is 0 Å². The molecule has 0 aromatic heterocycles. The Morgan fingerprint density at radius 2 is 2.25 bits per heavy atom. The molecule has 0 aromatic carbocycles. The summed E-state index contributed by atoms with van der Waals surface area (Å²) < 4.78 is 0. The molecule has 2 nitrogen and oxygen atoms in total. The zero-order chi connectivity index (χ0) is 3.41. The van der Waals surface area contributed by atoms with Gasteiger partial charge < -0.3 is 0 Å². The van der Waals surface area contributed by atoms with Crippen LogP contribution in [0.3, 0.4) is 0 Å². The van der Waals surface area contributed by atoms with Gasteiger partial charge >= 0.3 is 0 Å². The van der Waals surface area contributed by atoms with Crippen molar-refractivity contribution in [3.8, 4) is 0 Å². The first kappa shape index (κ1) is 3.92. The van der Waals surface area contributed by atoms with Crippen LogP contribution < -0.4 is 5.90 Å². The van der Waals surface area contributed by atoms with E-state index in [0.29, 0.717) is 6.61 Å². The highest BCUT2D eigenvalue weighted by atomic mass is 16.6. The van der Waals surface area contributed by atoms with Gasteiger partial charge in [0.25, 0.3) is 0 Å². The van der Waals surface area contributed by atoms with Crippen molar-refractivity contribution in [2.45, 2.75) is 6.92 Å². The lowest BCUT2D eigenvalue weighted by molar-refractivity contribution is 0.132. The molecular weight excluding hydrogens is 54.0 g/mol. The molecule has 0 fully saturated rings. The average molecular weight is 60.1 g/mol. The van der Waals surface area contributed by atoms with E-state index in [1.807, 2.05) is 0 Å². The van der Waals surface area contributed by atoms with Crippen LogP contribution in [0.4, 0.5) is 0 Å². The highest BCUT2D eigenvalue weighted by Gasteiger charge is 1.53. The van der Waals surface area contributed by atoms with E-state index < -0.39 is 0 Å². The Bertz CT molecular complexity index is 8.00. The maximum Gasteiger partial charge on any atom is 0.0671 e. The summed E-state index contributed by atoms with van der Waals surface area (Å²) in [4.78, 5) is 3.79. The Morgan fingerprint density at radius 1 is 2.00 bits per heavy atom. The molecule has 0 atom stereocenters. The molecule has 0 spiro atoms. The van der Waals surface area contributed by atoms with E-state index >= 15 is 0 Å². The lowest BCUT2D eigenvalue weighted by Crippen LogP contribution is -1.78. The van der Waals surface area contributed by atoms with Gasteiger partial charge in [0.05, 0.1) is 6.61 Å². The topological polar surface area (TPSA) is 33.0 Å². The second kappa shape index (κ2) is 2.92. The van der Waals surface area contributed by atoms with Gasteiger partial charge in [0, 0.05) is 0 Å². The maximum atomic E-state index is 5.95. The van der Waals surface area contributed by atoms with Crippen LogP contribution in [0.2, 0.25) is 0 Å². The van der Waals surface area contributed by atoms with Crippen molar-refractivity contribution in [3.63, 3.8) is 0 Å². The second-order valence-electron chi connectivity index (χ2n) is 0.433. The van der Waals surface area contributed by atoms with Gasteiger partial charge in [-0.1, -0.05) is 0 Å². The summed E-state index contributed by atoms with van der Waals surface area (Å²) in [6.07, 6.45) is 0. The van der Waals surface area contributed by atoms with Crippen LogP contribution in [0.15, 0.2) is 0 Å². The third-order valence-corrected chi connectivity index (χ3v) is 0.144. The maximum absolute atomic E-state index is 5.95. The van der Waals surface area contributed by atoms with Gasteiger partial charge in [-0.15, -0.1) is 5.90 Å². The van der Waals surface area contributed by atoms with E-state index in [0.717, 1.165) is 0 Å². The summed E-state index contributed by atoms with van der Waals surface area (Å²) in [6.45, 7) is 2.26. The van der Waals surface area contributed by atoms with Crippen molar-refractivity contribution < 1.29 is 4.84 Å². The summed E-state index contributed by atoms with van der Waals surface area (Å²) >= 11 is 0. The third kappa shape index (κ3) is 1.92. The molecule has 0 amide bonds. The predicted octanol–water partition coefficient (Wildman–Crippen LogP) is 0.221. The van der Waals surface area contributed by atoms with Crippen molar-refractivity contribution in [1.82, 2.24) is 5.90 Å². The van der Waals surface area contributed by atoms with Gasteiger partial charge in [0.2, 0.25) is 0 Å². The van der Waals surface area contributed by atoms with E-state index in [9.17, 15) is 0 Å². The number of nitrogens with one attached hydrogen (secondary N) is 1. The Morgan fingerprint density at radius 3 is 2.25 bits per heavy atom. The van der Waals surface area contributed by atoms with Crippen LogP contribution in [0, 0.1) is 0 Å². The van der Waals surface area contributed by atoms with E-state index in [2.05, 4.69) is 4.84 Å². The highest BCUT2D eigenvalue weighted by Crippen LogP contribution is 1.49. The van der Waals surface area contributed by atoms with Crippen molar-refractivity contribution in [2.24, 2.45) is 0 Å². The fourth-order valence-corrected chi connectivity index (χ4v) is 0. The monoisotopic (exact) mass is 60.0 g/mol. The number of hydrogen-bond donors (Lipinski definition) is 0. The molecule has 0 aromatic rings. The fourth-order valence-electron chi connectivity index (χ4n) is 0. The normalized spacial score (nSPS) is 7.50. The first-order chi connectivity index (χ1) is 1.91. The zero-order valence-electron chi connectivity index (χ0n) is 2.62. The van der Waals surface area contributed by atoms with Gasteiger partial charge in [0.1, 0.15) is 0 Å². The van der Waals surface area contributed by atoms with Gasteiger partial charge in [-0.2, -0.15) is 0 Å². The smallest absolute Gasteiger partial charge is 0.0671 e. The van der Waals surface area contributed by atoms with E-state index in [4.69, 9.17) is 5.90 Å². The molecule has 0 rings (SSSR count). The lowest BCUT2D eigenvalue weighted by atomic mass is 10.9. The molecule has 0 heterocycles. The molecule has 0 bridgehead atoms. The first-order valence-corrected chi connectivity index (χ1v) is 1.20. The summed E-state index contributed by atoms with van der Waals surface area (Å²) in [5.41, 5.74) is 0. The van der Waals surface area contributed by atoms with E-state index in [1.54, 1.807) is 6.92 Å². The zero-order valence-corrected chi connectivity index (χ0v) is 2.62. The van der Waals surface area contributed by atoms with Crippen LogP contribution in [0.1, 0.15) is 6.92 Å². The van der Waals surface area contributed by atoms with Crippen LogP contribution in [-0.4, -0.2) is 6.61 Å². The van der Waals surface area contributed by atoms with Crippen molar-refractivity contribution in [3.05, 3.63) is 0 Å². The highest BCUT2D eigenvalue weighted by molar-refractivity contribution is 3.91. The quantitative estimate of drug-likeness (QED) is 0.398. The van der Waals surface area contributed by atoms with Crippen LogP contribution >= 0.6 is 0 Å². The third-order valence-electron chi connectivity index (χ3n) is 0.144. The Balaban J connectivity index is 1.97. The molecule has 0 aliphatic carbocycles. The Hall–Kier alpha value is -0.0800. The SMILES string of the molecule is CCO[NH]. The van der Waals surface area contributed by atoms with Crippen molar-refractivity contribution in [1.29, 1.82) is 0 Å². The second-order valence-corrected chi connectivity index (χ2v) is 0.433. The van der Waals surface area contributed by atoms with Crippen molar-refractivity contribution in [2.75, 3.05) is 6.61 Å². The first-order valence-electron chi connectivity index (χ1n) is 1.20. The number of hydrogen-bond acceptors (Lipinski definition) is 1. The molecule has 4 heavy (non-hydrogen) atoms. The largest absolute Gasteiger partial charge is 0.285 e. The molecule has 0 aliphatic heterocycles. The minimum Gasteiger partial charge on any atom is -0.285 e. The Kier molecular flexibility index (Phi) is 2.86. The van der Waals surface area contributed by atoms with Crippen LogP contribution in [0.25, 0.3) is 0 Å². The molecule has 0 aliphatic rings. The van der Waals surface area contributed by atoms with Gasteiger partial charge in [-0.25, -0.2) is 0 Å². The summed E-state index contributed by atoms with van der Waals surface area (Å²) in [6, 6.07) is 0. The summed E-state index contributed by atoms with van der Waals surface area (Å²) in [7, 11) is 0. The molecular formula is C2H6NO. The standard InChI is InChI=1S/C2H6NO/c1-2-4-3/h3H,2H2,1H3. The summed E-state index contributed by atoms with van der Waals surface area (Å²) in [5.74, 6) is 5.95. The Labute approximate surface area is 25.5 Å². The fraction of sp³-hybridized carbons (Fsp3) is 1.00. The van der Waals surface area contributed by atoms with Gasteiger partial charge in [-0.05, 0) is 6.92 Å². The summed E-state index contributed by atoms with van der Waals surface area (Å²) in [5, 5.41) is 0. The van der Waals surface area contributed by atoms with Crippen LogP contribution in [-0.2, 0) is 4.84 Å². The van der Waals surface area contributed by atoms with Crippen molar-refractivity contribution >= 4 is 0 Å². The minimum atomic E-state index is 0.486. The van der Waals surface area contributed by atoms with E-state index in [-0.39, 0.29) is 0 Å². The molecule has 2 heteroatoms. The minimum absolute atomic E-state index is 0.486. The van der Waals surface area contributed by atoms with Crippen LogP contribution in [0.5, 0.6) is 0 Å². The number of rotatable bonds is 1. The molecule has 0 unspecified atom stereocenters.